The Balaban J connectivity index is 2.15. The Morgan fingerprint density at radius 3 is 2.73 bits per heavy atom. The molecule has 0 saturated carbocycles. The van der Waals surface area contributed by atoms with E-state index >= 15 is 0 Å². The molecule has 2 heterocycles. The van der Waals surface area contributed by atoms with Crippen LogP contribution < -0.4 is 10.3 Å². The predicted molar refractivity (Wildman–Crippen MR) is 104 cm³/mol. The lowest BCUT2D eigenvalue weighted by Crippen LogP contribution is -2.19. The van der Waals surface area contributed by atoms with E-state index in [1.165, 1.54) is 0 Å². The van der Waals surface area contributed by atoms with Crippen molar-refractivity contribution in [2.45, 2.75) is 33.6 Å². The number of aromatic nitrogens is 2. The van der Waals surface area contributed by atoms with Gasteiger partial charge >= 0.3 is 0 Å². The Morgan fingerprint density at radius 2 is 2.04 bits per heavy atom. The smallest absolute Gasteiger partial charge is 0.260 e. The van der Waals surface area contributed by atoms with E-state index in [-0.39, 0.29) is 5.56 Å². The minimum Gasteiger partial charge on any atom is -0.493 e. The molecule has 0 spiro atoms. The molecule has 0 N–H and O–H groups in total. The second-order valence-corrected chi connectivity index (χ2v) is 7.09. The molecule has 0 aliphatic rings. The first kappa shape index (κ1) is 18.1. The van der Waals surface area contributed by atoms with Crippen LogP contribution in [0.25, 0.3) is 21.7 Å². The van der Waals surface area contributed by atoms with Gasteiger partial charge in [-0.2, -0.15) is 0 Å². The number of aryl methyl sites for hydroxylation is 2. The SMILES string of the molecule is Cc1nccc2c1c(=O)n(C)c1cc(OCCCC(C)C)c(C=O)cc21. The highest BCUT2D eigenvalue weighted by molar-refractivity contribution is 6.08. The predicted octanol–water partition coefficient (Wildman–Crippen LogP) is 4.02. The molecule has 26 heavy (non-hydrogen) atoms. The molecule has 5 nitrogen and oxygen atoms in total. The van der Waals surface area contributed by atoms with Gasteiger partial charge in [-0.3, -0.25) is 14.6 Å². The minimum absolute atomic E-state index is 0.0947. The van der Waals surface area contributed by atoms with Gasteiger partial charge in [0.05, 0.1) is 28.8 Å². The van der Waals surface area contributed by atoms with Crippen LogP contribution in [0.4, 0.5) is 0 Å². The maximum absolute atomic E-state index is 12.8. The van der Waals surface area contributed by atoms with Crippen molar-refractivity contribution in [2.75, 3.05) is 6.61 Å². The van der Waals surface area contributed by atoms with Crippen LogP contribution in [0.15, 0.2) is 29.2 Å². The van der Waals surface area contributed by atoms with Crippen LogP contribution in [0.5, 0.6) is 5.75 Å². The molecule has 3 aromatic rings. The van der Waals surface area contributed by atoms with Crippen LogP contribution in [-0.4, -0.2) is 22.4 Å². The van der Waals surface area contributed by atoms with Crippen molar-refractivity contribution in [1.82, 2.24) is 9.55 Å². The first-order chi connectivity index (χ1) is 12.4. The lowest BCUT2D eigenvalue weighted by Gasteiger charge is -2.14. The summed E-state index contributed by atoms with van der Waals surface area (Å²) in [5.41, 5.74) is 1.84. The molecule has 0 atom stereocenters. The zero-order chi connectivity index (χ0) is 18.8. The fourth-order valence-corrected chi connectivity index (χ4v) is 3.31. The highest BCUT2D eigenvalue weighted by Gasteiger charge is 2.14. The quantitative estimate of drug-likeness (QED) is 0.382. The Morgan fingerprint density at radius 1 is 1.27 bits per heavy atom. The standard InChI is InChI=1S/C21H24N2O3/c1-13(2)6-5-9-26-19-11-18-17(10-15(19)12-24)16-7-8-22-14(3)20(16)21(25)23(18)4/h7-8,10-13H,5-6,9H2,1-4H3. The van der Waals surface area contributed by atoms with Crippen LogP contribution in [-0.2, 0) is 7.05 Å². The lowest BCUT2D eigenvalue weighted by atomic mass is 10.0. The lowest BCUT2D eigenvalue weighted by molar-refractivity contribution is 0.111. The molecule has 0 fully saturated rings. The number of carbonyl (C=O) groups excluding carboxylic acids is 1. The number of rotatable bonds is 6. The number of ether oxygens (including phenoxy) is 1. The Hall–Kier alpha value is -2.69. The van der Waals surface area contributed by atoms with E-state index in [2.05, 4.69) is 18.8 Å². The number of benzene rings is 1. The highest BCUT2D eigenvalue weighted by Crippen LogP contribution is 2.29. The number of carbonyl (C=O) groups is 1. The average Bonchev–Trinajstić information content (AvgIpc) is 2.62. The van der Waals surface area contributed by atoms with E-state index in [4.69, 9.17) is 4.74 Å². The Labute approximate surface area is 152 Å². The number of hydrogen-bond acceptors (Lipinski definition) is 4. The van der Waals surface area contributed by atoms with Crippen LogP contribution >= 0.6 is 0 Å². The topological polar surface area (TPSA) is 61.2 Å². The van der Waals surface area contributed by atoms with E-state index in [9.17, 15) is 9.59 Å². The number of hydrogen-bond donors (Lipinski definition) is 0. The van der Waals surface area contributed by atoms with Crippen LogP contribution in [0.3, 0.4) is 0 Å². The number of pyridine rings is 2. The molecule has 0 radical (unpaired) electrons. The van der Waals surface area contributed by atoms with Gasteiger partial charge in [0.2, 0.25) is 0 Å². The van der Waals surface area contributed by atoms with Gasteiger partial charge in [0.25, 0.3) is 5.56 Å². The van der Waals surface area contributed by atoms with Crippen molar-refractivity contribution >= 4 is 28.0 Å². The third-order valence-corrected chi connectivity index (χ3v) is 4.75. The summed E-state index contributed by atoms with van der Waals surface area (Å²) in [5, 5.41) is 2.25. The summed E-state index contributed by atoms with van der Waals surface area (Å²) < 4.78 is 7.46. The molecule has 0 amide bonds. The Kier molecular flexibility index (Phi) is 5.07. The van der Waals surface area contributed by atoms with E-state index in [1.807, 2.05) is 13.0 Å². The second kappa shape index (κ2) is 7.28. The summed E-state index contributed by atoms with van der Waals surface area (Å²) in [6, 6.07) is 5.43. The summed E-state index contributed by atoms with van der Waals surface area (Å²) in [5.74, 6) is 1.14. The van der Waals surface area contributed by atoms with Gasteiger partial charge in [-0.25, -0.2) is 0 Å². The van der Waals surface area contributed by atoms with Gasteiger partial charge in [-0.1, -0.05) is 13.8 Å². The molecule has 5 heteroatoms. The summed E-state index contributed by atoms with van der Waals surface area (Å²) in [6.45, 7) is 6.71. The zero-order valence-electron chi connectivity index (χ0n) is 15.7. The molecule has 0 saturated heterocycles. The van der Waals surface area contributed by atoms with Crippen molar-refractivity contribution in [3.63, 3.8) is 0 Å². The van der Waals surface area contributed by atoms with Crippen molar-refractivity contribution < 1.29 is 9.53 Å². The van der Waals surface area contributed by atoms with Gasteiger partial charge in [-0.05, 0) is 43.2 Å². The molecule has 0 aliphatic carbocycles. The number of nitrogens with zero attached hydrogens (tertiary/aromatic N) is 2. The number of aldehydes is 1. The molecule has 136 valence electrons. The van der Waals surface area contributed by atoms with E-state index in [0.29, 0.717) is 34.9 Å². The van der Waals surface area contributed by atoms with Gasteiger partial charge in [0, 0.05) is 24.7 Å². The van der Waals surface area contributed by atoms with Crippen LogP contribution in [0, 0.1) is 12.8 Å². The van der Waals surface area contributed by atoms with E-state index in [1.54, 1.807) is 29.9 Å². The Bertz CT molecular complexity index is 1040. The fraction of sp³-hybridized carbons (Fsp3) is 0.381. The minimum atomic E-state index is -0.0947. The fourth-order valence-electron chi connectivity index (χ4n) is 3.31. The monoisotopic (exact) mass is 352 g/mol. The maximum atomic E-state index is 12.8. The highest BCUT2D eigenvalue weighted by atomic mass is 16.5. The van der Waals surface area contributed by atoms with Gasteiger partial charge in [0.15, 0.2) is 6.29 Å². The second-order valence-electron chi connectivity index (χ2n) is 7.09. The van der Waals surface area contributed by atoms with Gasteiger partial charge in [0.1, 0.15) is 5.75 Å². The first-order valence-electron chi connectivity index (χ1n) is 8.94. The van der Waals surface area contributed by atoms with Gasteiger partial charge < -0.3 is 9.30 Å². The van der Waals surface area contributed by atoms with Gasteiger partial charge in [-0.15, -0.1) is 0 Å². The largest absolute Gasteiger partial charge is 0.493 e. The normalized spacial score (nSPS) is 11.4. The van der Waals surface area contributed by atoms with Crippen LogP contribution in [0.2, 0.25) is 0 Å². The summed E-state index contributed by atoms with van der Waals surface area (Å²) in [6.07, 6.45) is 4.49. The third kappa shape index (κ3) is 3.21. The third-order valence-electron chi connectivity index (χ3n) is 4.75. The summed E-state index contributed by atoms with van der Waals surface area (Å²) >= 11 is 0. The molecule has 2 aromatic heterocycles. The maximum Gasteiger partial charge on any atom is 0.260 e. The van der Waals surface area contributed by atoms with E-state index < -0.39 is 0 Å². The molecular formula is C21H24N2O3. The molecule has 0 aliphatic heterocycles. The molecule has 3 rings (SSSR count). The molecule has 1 aromatic carbocycles. The first-order valence-corrected chi connectivity index (χ1v) is 8.94. The van der Waals surface area contributed by atoms with Crippen molar-refractivity contribution in [1.29, 1.82) is 0 Å². The molecule has 0 bridgehead atoms. The zero-order valence-corrected chi connectivity index (χ0v) is 15.7. The summed E-state index contributed by atoms with van der Waals surface area (Å²) in [7, 11) is 1.74. The number of fused-ring (bicyclic) bond motifs is 3. The van der Waals surface area contributed by atoms with Crippen molar-refractivity contribution in [2.24, 2.45) is 13.0 Å². The van der Waals surface area contributed by atoms with Crippen LogP contribution in [0.1, 0.15) is 42.7 Å². The molecule has 0 unspecified atom stereocenters. The van der Waals surface area contributed by atoms with Crippen molar-refractivity contribution in [3.8, 4) is 5.75 Å². The average molecular weight is 352 g/mol. The summed E-state index contributed by atoms with van der Waals surface area (Å²) in [4.78, 5) is 28.6. The van der Waals surface area contributed by atoms with Crippen molar-refractivity contribution in [3.05, 3.63) is 46.0 Å². The molecular weight excluding hydrogens is 328 g/mol. The van der Waals surface area contributed by atoms with E-state index in [0.717, 1.165) is 35.4 Å².